The number of carbonyl (C=O) groups is 1. The van der Waals surface area contributed by atoms with Crippen LogP contribution in [0.15, 0.2) is 29.8 Å². The van der Waals surface area contributed by atoms with E-state index < -0.39 is 5.41 Å². The number of H-pyrrole nitrogens is 1. The highest BCUT2D eigenvalue weighted by Gasteiger charge is 2.37. The third-order valence-corrected chi connectivity index (χ3v) is 3.64. The van der Waals surface area contributed by atoms with Gasteiger partial charge < -0.3 is 5.73 Å². The zero-order valence-electron chi connectivity index (χ0n) is 8.23. The Morgan fingerprint density at radius 3 is 2.87 bits per heavy atom. The standard InChI is InChI=1S/C10H11N3OS/c1-10(9(11)14,7-4-5-12-13-7)8-3-2-6-15-8/h2-6H,1H3,(H2,11,14)(H,12,13). The molecule has 1 amide bonds. The van der Waals surface area contributed by atoms with Gasteiger partial charge in [-0.2, -0.15) is 5.10 Å². The smallest absolute Gasteiger partial charge is 0.234 e. The molecule has 15 heavy (non-hydrogen) atoms. The van der Waals surface area contributed by atoms with E-state index in [4.69, 9.17) is 5.73 Å². The monoisotopic (exact) mass is 221 g/mol. The normalized spacial score (nSPS) is 14.7. The van der Waals surface area contributed by atoms with Crippen LogP contribution in [0.2, 0.25) is 0 Å². The molecule has 78 valence electrons. The van der Waals surface area contributed by atoms with E-state index in [-0.39, 0.29) is 5.91 Å². The lowest BCUT2D eigenvalue weighted by atomic mass is 9.84. The average Bonchev–Trinajstić information content (AvgIpc) is 2.89. The van der Waals surface area contributed by atoms with E-state index in [1.807, 2.05) is 17.5 Å². The molecule has 2 aromatic rings. The highest BCUT2D eigenvalue weighted by Crippen LogP contribution is 2.33. The first-order valence-corrected chi connectivity index (χ1v) is 5.37. The quantitative estimate of drug-likeness (QED) is 0.819. The molecule has 0 aliphatic carbocycles. The third kappa shape index (κ3) is 1.45. The molecule has 0 bridgehead atoms. The second kappa shape index (κ2) is 3.51. The number of aromatic nitrogens is 2. The number of rotatable bonds is 3. The summed E-state index contributed by atoms with van der Waals surface area (Å²) in [5.74, 6) is -0.380. The Balaban J connectivity index is 2.56. The molecule has 2 aromatic heterocycles. The van der Waals surface area contributed by atoms with Gasteiger partial charge in [-0.3, -0.25) is 9.89 Å². The lowest BCUT2D eigenvalue weighted by Crippen LogP contribution is -2.39. The molecule has 4 nitrogen and oxygen atoms in total. The van der Waals surface area contributed by atoms with Gasteiger partial charge in [0.1, 0.15) is 5.41 Å². The second-order valence-electron chi connectivity index (χ2n) is 3.44. The number of aromatic amines is 1. The van der Waals surface area contributed by atoms with Crippen LogP contribution >= 0.6 is 11.3 Å². The largest absolute Gasteiger partial charge is 0.369 e. The van der Waals surface area contributed by atoms with Gasteiger partial charge in [-0.25, -0.2) is 0 Å². The molecular formula is C10H11N3OS. The molecule has 0 saturated heterocycles. The van der Waals surface area contributed by atoms with E-state index in [0.29, 0.717) is 0 Å². The summed E-state index contributed by atoms with van der Waals surface area (Å²) >= 11 is 1.51. The van der Waals surface area contributed by atoms with Gasteiger partial charge in [0.15, 0.2) is 0 Å². The maximum absolute atomic E-state index is 11.6. The molecular weight excluding hydrogens is 210 g/mol. The van der Waals surface area contributed by atoms with Crippen LogP contribution in [-0.4, -0.2) is 16.1 Å². The molecule has 5 heteroatoms. The Morgan fingerprint density at radius 1 is 1.60 bits per heavy atom. The van der Waals surface area contributed by atoms with Crippen molar-refractivity contribution in [3.63, 3.8) is 0 Å². The Morgan fingerprint density at radius 2 is 2.40 bits per heavy atom. The van der Waals surface area contributed by atoms with Crippen molar-refractivity contribution in [3.8, 4) is 0 Å². The van der Waals surface area contributed by atoms with Crippen molar-refractivity contribution in [2.75, 3.05) is 0 Å². The Kier molecular flexibility index (Phi) is 2.32. The van der Waals surface area contributed by atoms with E-state index in [9.17, 15) is 4.79 Å². The first-order chi connectivity index (χ1) is 7.15. The number of nitrogens with one attached hydrogen (secondary N) is 1. The molecule has 1 atom stereocenters. The minimum absolute atomic E-state index is 0.380. The summed E-state index contributed by atoms with van der Waals surface area (Å²) in [5.41, 5.74) is 5.38. The van der Waals surface area contributed by atoms with Gasteiger partial charge in [0.2, 0.25) is 5.91 Å². The van der Waals surface area contributed by atoms with Crippen LogP contribution in [0, 0.1) is 0 Å². The van der Waals surface area contributed by atoms with Crippen molar-refractivity contribution < 1.29 is 4.79 Å². The van der Waals surface area contributed by atoms with Crippen molar-refractivity contribution in [1.29, 1.82) is 0 Å². The molecule has 0 aliphatic rings. The number of amides is 1. The number of hydrogen-bond acceptors (Lipinski definition) is 3. The molecule has 1 unspecified atom stereocenters. The van der Waals surface area contributed by atoms with Gasteiger partial charge in [-0.1, -0.05) is 6.07 Å². The Hall–Kier alpha value is -1.62. The predicted octanol–water partition coefficient (Wildman–Crippen LogP) is 1.26. The van der Waals surface area contributed by atoms with Crippen LogP contribution in [0.5, 0.6) is 0 Å². The summed E-state index contributed by atoms with van der Waals surface area (Å²) in [5, 5.41) is 8.58. The summed E-state index contributed by atoms with van der Waals surface area (Å²) in [4.78, 5) is 12.5. The highest BCUT2D eigenvalue weighted by atomic mass is 32.1. The van der Waals surface area contributed by atoms with Crippen LogP contribution in [0.25, 0.3) is 0 Å². The first-order valence-electron chi connectivity index (χ1n) is 4.49. The zero-order valence-corrected chi connectivity index (χ0v) is 9.04. The fraction of sp³-hybridized carbons (Fsp3) is 0.200. The number of hydrogen-bond donors (Lipinski definition) is 2. The van der Waals surface area contributed by atoms with Crippen molar-refractivity contribution in [1.82, 2.24) is 10.2 Å². The maximum Gasteiger partial charge on any atom is 0.234 e. The molecule has 2 rings (SSSR count). The van der Waals surface area contributed by atoms with Gasteiger partial charge in [-0.05, 0) is 24.4 Å². The van der Waals surface area contributed by atoms with Gasteiger partial charge >= 0.3 is 0 Å². The van der Waals surface area contributed by atoms with E-state index in [2.05, 4.69) is 10.2 Å². The minimum Gasteiger partial charge on any atom is -0.369 e. The van der Waals surface area contributed by atoms with Gasteiger partial charge in [-0.15, -0.1) is 11.3 Å². The minimum atomic E-state index is -0.815. The molecule has 3 N–H and O–H groups in total. The van der Waals surface area contributed by atoms with Crippen LogP contribution in [0.4, 0.5) is 0 Å². The fourth-order valence-electron chi connectivity index (χ4n) is 1.48. The van der Waals surface area contributed by atoms with Gasteiger partial charge in [0.25, 0.3) is 0 Å². The summed E-state index contributed by atoms with van der Waals surface area (Å²) in [6, 6.07) is 5.57. The predicted molar refractivity (Wildman–Crippen MR) is 58.6 cm³/mol. The Bertz CT molecular complexity index is 413. The van der Waals surface area contributed by atoms with Gasteiger partial charge in [0, 0.05) is 11.1 Å². The number of nitrogens with two attached hydrogens (primary N) is 1. The van der Waals surface area contributed by atoms with Crippen molar-refractivity contribution >= 4 is 17.2 Å². The SMILES string of the molecule is CC(C(N)=O)(c1ccn[nH]1)c1cccs1. The highest BCUT2D eigenvalue weighted by molar-refractivity contribution is 7.10. The van der Waals surface area contributed by atoms with E-state index in [1.165, 1.54) is 11.3 Å². The summed E-state index contributed by atoms with van der Waals surface area (Å²) in [6.07, 6.45) is 1.62. The van der Waals surface area contributed by atoms with Crippen LogP contribution < -0.4 is 5.73 Å². The topological polar surface area (TPSA) is 71.8 Å². The summed E-state index contributed by atoms with van der Waals surface area (Å²) < 4.78 is 0. The first kappa shape index (κ1) is 9.92. The maximum atomic E-state index is 11.6. The van der Waals surface area contributed by atoms with E-state index in [1.54, 1.807) is 19.2 Å². The Labute approximate surface area is 91.1 Å². The van der Waals surface area contributed by atoms with Crippen LogP contribution in [0.1, 0.15) is 17.5 Å². The molecule has 0 aromatic carbocycles. The molecule has 0 saturated carbocycles. The lowest BCUT2D eigenvalue weighted by Gasteiger charge is -2.22. The number of thiophene rings is 1. The average molecular weight is 221 g/mol. The number of carbonyl (C=O) groups excluding carboxylic acids is 1. The lowest BCUT2D eigenvalue weighted by molar-refractivity contribution is -0.121. The van der Waals surface area contributed by atoms with E-state index in [0.717, 1.165) is 10.6 Å². The van der Waals surface area contributed by atoms with Crippen molar-refractivity contribution in [2.45, 2.75) is 12.3 Å². The third-order valence-electron chi connectivity index (χ3n) is 2.55. The molecule has 0 radical (unpaired) electrons. The van der Waals surface area contributed by atoms with Crippen molar-refractivity contribution in [3.05, 3.63) is 40.3 Å². The zero-order chi connectivity index (χ0) is 10.9. The molecule has 0 fully saturated rings. The summed E-state index contributed by atoms with van der Waals surface area (Å²) in [6.45, 7) is 1.80. The molecule has 0 aliphatic heterocycles. The second-order valence-corrected chi connectivity index (χ2v) is 4.38. The summed E-state index contributed by atoms with van der Waals surface area (Å²) in [7, 11) is 0. The van der Waals surface area contributed by atoms with Crippen LogP contribution in [0.3, 0.4) is 0 Å². The molecule has 0 spiro atoms. The van der Waals surface area contributed by atoms with Crippen molar-refractivity contribution in [2.24, 2.45) is 5.73 Å². The molecule has 2 heterocycles. The fourth-order valence-corrected chi connectivity index (χ4v) is 2.39. The van der Waals surface area contributed by atoms with Gasteiger partial charge in [0.05, 0.1) is 5.69 Å². The van der Waals surface area contributed by atoms with E-state index >= 15 is 0 Å². The van der Waals surface area contributed by atoms with Crippen LogP contribution in [-0.2, 0) is 10.2 Å². The number of primary amides is 1. The number of nitrogens with zero attached hydrogens (tertiary/aromatic N) is 1.